The Balaban J connectivity index is 2.58. The van der Waals surface area contributed by atoms with Gasteiger partial charge in [0, 0.05) is 13.0 Å². The molecule has 0 spiro atoms. The fourth-order valence-electron chi connectivity index (χ4n) is 0.743. The molecule has 0 saturated heterocycles. The third-order valence-electron chi connectivity index (χ3n) is 1.20. The minimum atomic E-state index is -0.477. The molecule has 0 aromatic carbocycles. The average Bonchev–Trinajstić information content (AvgIpc) is 2.36. The largest absolute Gasteiger partial charge is 0.369 e. The van der Waals surface area contributed by atoms with Gasteiger partial charge in [0.2, 0.25) is 11.8 Å². The maximum atomic E-state index is 10.4. The lowest BCUT2D eigenvalue weighted by Gasteiger charge is -1.85. The molecule has 1 heterocycles. The first-order valence-corrected chi connectivity index (χ1v) is 3.52. The second kappa shape index (κ2) is 3.82. The zero-order valence-corrected chi connectivity index (χ0v) is 6.49. The molecule has 6 heteroatoms. The zero-order chi connectivity index (χ0) is 8.97. The predicted octanol–water partition coefficient (Wildman–Crippen LogP) is -1.40. The van der Waals surface area contributed by atoms with Gasteiger partial charge < -0.3 is 16.0 Å². The topological polar surface area (TPSA) is 108 Å². The molecule has 0 atom stereocenters. The summed E-state index contributed by atoms with van der Waals surface area (Å²) in [6.07, 6.45) is 0.528. The molecule has 6 nitrogen and oxygen atoms in total. The minimum absolute atomic E-state index is 0.00801. The van der Waals surface area contributed by atoms with Gasteiger partial charge in [0.1, 0.15) is 0 Å². The van der Waals surface area contributed by atoms with Crippen molar-refractivity contribution in [2.75, 3.05) is 6.54 Å². The summed E-state index contributed by atoms with van der Waals surface area (Å²) >= 11 is 0. The van der Waals surface area contributed by atoms with Gasteiger partial charge in [0.05, 0.1) is 6.42 Å². The van der Waals surface area contributed by atoms with E-state index in [4.69, 9.17) is 16.0 Å². The minimum Gasteiger partial charge on any atom is -0.369 e. The number of aromatic nitrogens is 2. The van der Waals surface area contributed by atoms with E-state index in [-0.39, 0.29) is 6.42 Å². The first-order chi connectivity index (χ1) is 5.72. The van der Waals surface area contributed by atoms with Crippen molar-refractivity contribution >= 4 is 5.91 Å². The highest BCUT2D eigenvalue weighted by Gasteiger charge is 2.07. The van der Waals surface area contributed by atoms with Crippen LogP contribution in [0.15, 0.2) is 4.52 Å². The molecule has 0 aliphatic heterocycles. The molecule has 0 fully saturated rings. The fraction of sp³-hybridized carbons (Fsp3) is 0.500. The second-order valence-corrected chi connectivity index (χ2v) is 2.29. The molecule has 0 saturated carbocycles. The van der Waals surface area contributed by atoms with Crippen LogP contribution in [0, 0.1) is 0 Å². The number of hydrogen-bond acceptors (Lipinski definition) is 5. The molecule has 1 aromatic heterocycles. The van der Waals surface area contributed by atoms with Crippen LogP contribution in [0.2, 0.25) is 0 Å². The zero-order valence-electron chi connectivity index (χ0n) is 6.49. The van der Waals surface area contributed by atoms with Gasteiger partial charge in [-0.15, -0.1) is 0 Å². The Morgan fingerprint density at radius 1 is 1.58 bits per heavy atom. The van der Waals surface area contributed by atoms with Gasteiger partial charge >= 0.3 is 0 Å². The molecule has 0 bridgehead atoms. The lowest BCUT2D eigenvalue weighted by molar-refractivity contribution is -0.117. The lowest BCUT2D eigenvalue weighted by Crippen LogP contribution is -2.14. The van der Waals surface area contributed by atoms with E-state index in [0.717, 1.165) is 0 Å². The van der Waals surface area contributed by atoms with Crippen LogP contribution in [-0.4, -0.2) is 22.6 Å². The predicted molar refractivity (Wildman–Crippen MR) is 40.0 cm³/mol. The molecule has 4 N–H and O–H groups in total. The molecule has 0 aliphatic carbocycles. The number of primary amides is 1. The summed E-state index contributed by atoms with van der Waals surface area (Å²) in [7, 11) is 0. The number of nitrogens with zero attached hydrogens (tertiary/aromatic N) is 2. The van der Waals surface area contributed by atoms with E-state index >= 15 is 0 Å². The van der Waals surface area contributed by atoms with Crippen molar-refractivity contribution in [3.05, 3.63) is 11.7 Å². The van der Waals surface area contributed by atoms with E-state index in [1.54, 1.807) is 0 Å². The van der Waals surface area contributed by atoms with E-state index in [0.29, 0.717) is 24.7 Å². The normalized spacial score (nSPS) is 10.1. The van der Waals surface area contributed by atoms with Gasteiger partial charge in [-0.25, -0.2) is 0 Å². The van der Waals surface area contributed by atoms with Crippen LogP contribution in [0.3, 0.4) is 0 Å². The molecular weight excluding hydrogens is 160 g/mol. The number of carbonyl (C=O) groups is 1. The summed E-state index contributed by atoms with van der Waals surface area (Å²) < 4.78 is 4.76. The molecule has 1 rings (SSSR count). The third kappa shape index (κ3) is 2.31. The van der Waals surface area contributed by atoms with Crippen molar-refractivity contribution in [2.45, 2.75) is 12.8 Å². The van der Waals surface area contributed by atoms with Crippen molar-refractivity contribution in [3.8, 4) is 0 Å². The van der Waals surface area contributed by atoms with Gasteiger partial charge in [-0.1, -0.05) is 5.16 Å². The van der Waals surface area contributed by atoms with E-state index < -0.39 is 5.91 Å². The van der Waals surface area contributed by atoms with Crippen molar-refractivity contribution in [1.29, 1.82) is 0 Å². The quantitative estimate of drug-likeness (QED) is 0.577. The monoisotopic (exact) mass is 170 g/mol. The van der Waals surface area contributed by atoms with Gasteiger partial charge in [-0.2, -0.15) is 4.98 Å². The smallest absolute Gasteiger partial charge is 0.227 e. The van der Waals surface area contributed by atoms with Gasteiger partial charge in [0.15, 0.2) is 5.82 Å². The van der Waals surface area contributed by atoms with Gasteiger partial charge in [-0.3, -0.25) is 4.79 Å². The van der Waals surface area contributed by atoms with Crippen LogP contribution >= 0.6 is 0 Å². The maximum absolute atomic E-state index is 10.4. The van der Waals surface area contributed by atoms with Crippen molar-refractivity contribution in [1.82, 2.24) is 10.1 Å². The molecule has 1 aromatic rings. The maximum Gasteiger partial charge on any atom is 0.227 e. The van der Waals surface area contributed by atoms with Crippen LogP contribution in [0.5, 0.6) is 0 Å². The Hall–Kier alpha value is -1.43. The first kappa shape index (κ1) is 8.66. The Bertz CT molecular complexity index is 270. The Kier molecular flexibility index (Phi) is 2.76. The first-order valence-electron chi connectivity index (χ1n) is 3.52. The standard InChI is InChI=1S/C6H10N4O2/c7-2-1-6-9-5(10-12-6)3-4(8)11/h1-3,7H2,(H2,8,11). The number of rotatable bonds is 4. The summed E-state index contributed by atoms with van der Waals surface area (Å²) in [4.78, 5) is 14.3. The summed E-state index contributed by atoms with van der Waals surface area (Å²) in [5, 5.41) is 3.53. The molecule has 12 heavy (non-hydrogen) atoms. The summed E-state index contributed by atoms with van der Waals surface area (Å²) in [6, 6.07) is 0. The van der Waals surface area contributed by atoms with Crippen LogP contribution in [0.1, 0.15) is 11.7 Å². The molecule has 0 radical (unpaired) electrons. The fourth-order valence-corrected chi connectivity index (χ4v) is 0.743. The number of hydrogen-bond donors (Lipinski definition) is 2. The summed E-state index contributed by atoms with van der Waals surface area (Å²) in [6.45, 7) is 0.443. The van der Waals surface area contributed by atoms with Crippen molar-refractivity contribution in [2.24, 2.45) is 11.5 Å². The van der Waals surface area contributed by atoms with Crippen LogP contribution in [0.25, 0.3) is 0 Å². The highest BCUT2D eigenvalue weighted by Crippen LogP contribution is 1.97. The third-order valence-corrected chi connectivity index (χ3v) is 1.20. The van der Waals surface area contributed by atoms with Crippen molar-refractivity contribution < 1.29 is 9.32 Å². The van der Waals surface area contributed by atoms with E-state index in [1.165, 1.54) is 0 Å². The Morgan fingerprint density at radius 3 is 2.92 bits per heavy atom. The second-order valence-electron chi connectivity index (χ2n) is 2.29. The lowest BCUT2D eigenvalue weighted by atomic mass is 10.4. The van der Waals surface area contributed by atoms with E-state index in [2.05, 4.69) is 10.1 Å². The van der Waals surface area contributed by atoms with Gasteiger partial charge in [-0.05, 0) is 0 Å². The molecule has 0 aliphatic rings. The number of nitrogens with two attached hydrogens (primary N) is 2. The highest BCUT2D eigenvalue weighted by atomic mass is 16.5. The number of carbonyl (C=O) groups excluding carboxylic acids is 1. The average molecular weight is 170 g/mol. The van der Waals surface area contributed by atoms with Crippen molar-refractivity contribution in [3.63, 3.8) is 0 Å². The SMILES string of the molecule is NCCc1nc(CC(N)=O)no1. The molecule has 1 amide bonds. The van der Waals surface area contributed by atoms with Crippen LogP contribution < -0.4 is 11.5 Å². The van der Waals surface area contributed by atoms with E-state index in [9.17, 15) is 4.79 Å². The molecular formula is C6H10N4O2. The Labute approximate surface area is 68.9 Å². The summed E-state index contributed by atoms with van der Waals surface area (Å²) in [5.41, 5.74) is 10.2. The number of amides is 1. The molecule has 0 unspecified atom stereocenters. The van der Waals surface area contributed by atoms with Crippen LogP contribution in [0.4, 0.5) is 0 Å². The van der Waals surface area contributed by atoms with Crippen LogP contribution in [-0.2, 0) is 17.6 Å². The Morgan fingerprint density at radius 2 is 2.33 bits per heavy atom. The van der Waals surface area contributed by atoms with Gasteiger partial charge in [0.25, 0.3) is 0 Å². The van der Waals surface area contributed by atoms with E-state index in [1.807, 2.05) is 0 Å². The summed E-state index contributed by atoms with van der Waals surface area (Å²) in [5.74, 6) is 0.273. The highest BCUT2D eigenvalue weighted by molar-refractivity contribution is 5.75. The molecule has 66 valence electrons.